The van der Waals surface area contributed by atoms with Crippen molar-refractivity contribution in [1.82, 2.24) is 0 Å². The van der Waals surface area contributed by atoms with Crippen molar-refractivity contribution >= 4 is 33.2 Å². The van der Waals surface area contributed by atoms with Gasteiger partial charge in [-0.05, 0) is 48.2 Å². The third-order valence-corrected chi connectivity index (χ3v) is 4.86. The summed E-state index contributed by atoms with van der Waals surface area (Å²) in [6.07, 6.45) is 2.35. The lowest BCUT2D eigenvalue weighted by atomic mass is 10.0. The maximum atomic E-state index is 11.0. The largest absolute Gasteiger partial charge is 0.481 e. The fourth-order valence-corrected chi connectivity index (χ4v) is 3.30. The minimum Gasteiger partial charge on any atom is -0.481 e. The molecule has 0 radical (unpaired) electrons. The van der Waals surface area contributed by atoms with Crippen molar-refractivity contribution in [3.63, 3.8) is 0 Å². The van der Waals surface area contributed by atoms with Crippen LogP contribution in [0, 0.1) is 12.3 Å². The highest BCUT2D eigenvalue weighted by molar-refractivity contribution is 9.10. The zero-order chi connectivity index (χ0) is 10.3. The molecular formula is C10H11BrO2S. The first kappa shape index (κ1) is 10.2. The minimum atomic E-state index is -0.639. The van der Waals surface area contributed by atoms with Gasteiger partial charge in [0.1, 0.15) is 0 Å². The van der Waals surface area contributed by atoms with E-state index in [0.29, 0.717) is 6.42 Å². The first-order chi connectivity index (χ1) is 6.53. The molecule has 0 unspecified atom stereocenters. The normalized spacial score (nSPS) is 18.1. The van der Waals surface area contributed by atoms with E-state index in [-0.39, 0.29) is 0 Å². The highest BCUT2D eigenvalue weighted by atomic mass is 79.9. The molecule has 1 N–H and O–H groups in total. The molecule has 1 aromatic rings. The third kappa shape index (κ3) is 1.73. The average Bonchev–Trinajstić information content (AvgIpc) is 2.78. The SMILES string of the molecule is Cc1sc(CC2(C(=O)O)CC2)cc1Br. The number of rotatable bonds is 3. The molecule has 1 fully saturated rings. The van der Waals surface area contributed by atoms with Gasteiger partial charge < -0.3 is 5.11 Å². The first-order valence-electron chi connectivity index (χ1n) is 4.52. The minimum absolute atomic E-state index is 0.434. The van der Waals surface area contributed by atoms with Crippen molar-refractivity contribution < 1.29 is 9.90 Å². The van der Waals surface area contributed by atoms with Gasteiger partial charge in [0.2, 0.25) is 0 Å². The van der Waals surface area contributed by atoms with Crippen LogP contribution in [0.5, 0.6) is 0 Å². The number of aryl methyl sites for hydroxylation is 1. The number of hydrogen-bond donors (Lipinski definition) is 1. The lowest BCUT2D eigenvalue weighted by Crippen LogP contribution is -2.16. The zero-order valence-corrected chi connectivity index (χ0v) is 10.2. The van der Waals surface area contributed by atoms with Crippen LogP contribution in [0.2, 0.25) is 0 Å². The van der Waals surface area contributed by atoms with Crippen LogP contribution < -0.4 is 0 Å². The molecule has 1 aliphatic carbocycles. The number of aliphatic carboxylic acids is 1. The first-order valence-corrected chi connectivity index (χ1v) is 6.13. The standard InChI is InChI=1S/C10H11BrO2S/c1-6-8(11)4-7(14-6)5-10(2-3-10)9(12)13/h4H,2-3,5H2,1H3,(H,12,13). The number of carbonyl (C=O) groups is 1. The summed E-state index contributed by atoms with van der Waals surface area (Å²) in [5.74, 6) is -0.639. The fourth-order valence-electron chi connectivity index (χ4n) is 1.56. The Hall–Kier alpha value is -0.350. The smallest absolute Gasteiger partial charge is 0.309 e. The van der Waals surface area contributed by atoms with Crippen molar-refractivity contribution in [2.45, 2.75) is 26.2 Å². The summed E-state index contributed by atoms with van der Waals surface area (Å²) in [5, 5.41) is 9.03. The highest BCUT2D eigenvalue weighted by Crippen LogP contribution is 2.49. The van der Waals surface area contributed by atoms with Gasteiger partial charge in [0, 0.05) is 14.2 Å². The molecule has 1 heterocycles. The molecule has 2 nitrogen and oxygen atoms in total. The van der Waals surface area contributed by atoms with Crippen LogP contribution in [0.25, 0.3) is 0 Å². The number of hydrogen-bond acceptors (Lipinski definition) is 2. The van der Waals surface area contributed by atoms with E-state index in [0.717, 1.165) is 17.3 Å². The molecule has 1 saturated carbocycles. The second-order valence-corrected chi connectivity index (χ2v) is 6.07. The van der Waals surface area contributed by atoms with E-state index in [2.05, 4.69) is 15.9 Å². The van der Waals surface area contributed by atoms with E-state index < -0.39 is 11.4 Å². The number of thiophene rings is 1. The summed E-state index contributed by atoms with van der Waals surface area (Å²) in [6.45, 7) is 2.04. The van der Waals surface area contributed by atoms with Crippen LogP contribution in [0.1, 0.15) is 22.6 Å². The van der Waals surface area contributed by atoms with Gasteiger partial charge in [0.15, 0.2) is 0 Å². The van der Waals surface area contributed by atoms with Crippen LogP contribution in [0.4, 0.5) is 0 Å². The Balaban J connectivity index is 2.15. The summed E-state index contributed by atoms with van der Waals surface area (Å²) in [7, 11) is 0. The van der Waals surface area contributed by atoms with Crippen molar-refractivity contribution in [3.05, 3.63) is 20.3 Å². The molecular weight excluding hydrogens is 264 g/mol. The second kappa shape index (κ2) is 3.35. The van der Waals surface area contributed by atoms with Gasteiger partial charge in [-0.1, -0.05) is 0 Å². The summed E-state index contributed by atoms with van der Waals surface area (Å²) in [6, 6.07) is 2.04. The Labute approximate surface area is 95.1 Å². The van der Waals surface area contributed by atoms with Gasteiger partial charge in [-0.15, -0.1) is 11.3 Å². The molecule has 76 valence electrons. The Morgan fingerprint density at radius 1 is 1.71 bits per heavy atom. The predicted molar refractivity (Wildman–Crippen MR) is 59.8 cm³/mol. The van der Waals surface area contributed by atoms with Gasteiger partial charge in [0.05, 0.1) is 5.41 Å². The molecule has 0 atom stereocenters. The molecule has 0 saturated heterocycles. The Morgan fingerprint density at radius 2 is 2.36 bits per heavy atom. The van der Waals surface area contributed by atoms with E-state index in [9.17, 15) is 4.79 Å². The molecule has 1 aliphatic rings. The number of carboxylic acids is 1. The molecule has 1 aromatic heterocycles. The summed E-state index contributed by atoms with van der Waals surface area (Å²) in [5.41, 5.74) is -0.434. The molecule has 0 bridgehead atoms. The van der Waals surface area contributed by atoms with Crippen molar-refractivity contribution in [2.75, 3.05) is 0 Å². The van der Waals surface area contributed by atoms with Gasteiger partial charge in [-0.2, -0.15) is 0 Å². The lowest BCUT2D eigenvalue weighted by Gasteiger charge is -2.06. The number of carboxylic acid groups (broad SMARTS) is 1. The van der Waals surface area contributed by atoms with E-state index in [1.165, 1.54) is 9.75 Å². The average molecular weight is 275 g/mol. The maximum Gasteiger partial charge on any atom is 0.309 e. The quantitative estimate of drug-likeness (QED) is 0.919. The molecule has 0 amide bonds. The van der Waals surface area contributed by atoms with Crippen molar-refractivity contribution in [2.24, 2.45) is 5.41 Å². The van der Waals surface area contributed by atoms with E-state index in [1.54, 1.807) is 11.3 Å². The van der Waals surface area contributed by atoms with Gasteiger partial charge >= 0.3 is 5.97 Å². The Morgan fingerprint density at radius 3 is 2.71 bits per heavy atom. The summed E-state index contributed by atoms with van der Waals surface area (Å²) >= 11 is 5.13. The van der Waals surface area contributed by atoms with Crippen LogP contribution in [0.3, 0.4) is 0 Å². The zero-order valence-electron chi connectivity index (χ0n) is 7.84. The van der Waals surface area contributed by atoms with Crippen LogP contribution >= 0.6 is 27.3 Å². The van der Waals surface area contributed by atoms with Crippen molar-refractivity contribution in [3.8, 4) is 0 Å². The molecule has 2 rings (SSSR count). The Bertz CT molecular complexity index is 360. The van der Waals surface area contributed by atoms with Gasteiger partial charge in [-0.3, -0.25) is 4.79 Å². The van der Waals surface area contributed by atoms with Crippen LogP contribution in [-0.2, 0) is 11.2 Å². The van der Waals surface area contributed by atoms with E-state index >= 15 is 0 Å². The summed E-state index contributed by atoms with van der Waals surface area (Å²) < 4.78 is 1.10. The highest BCUT2D eigenvalue weighted by Gasteiger charge is 2.50. The molecule has 4 heteroatoms. The van der Waals surface area contributed by atoms with Gasteiger partial charge in [-0.25, -0.2) is 0 Å². The van der Waals surface area contributed by atoms with Crippen LogP contribution in [-0.4, -0.2) is 11.1 Å². The Kier molecular flexibility index (Phi) is 2.43. The molecule has 14 heavy (non-hydrogen) atoms. The van der Waals surface area contributed by atoms with Crippen LogP contribution in [0.15, 0.2) is 10.5 Å². The van der Waals surface area contributed by atoms with E-state index in [4.69, 9.17) is 5.11 Å². The topological polar surface area (TPSA) is 37.3 Å². The molecule has 0 spiro atoms. The van der Waals surface area contributed by atoms with Gasteiger partial charge in [0.25, 0.3) is 0 Å². The lowest BCUT2D eigenvalue weighted by molar-refractivity contribution is -0.143. The van der Waals surface area contributed by atoms with E-state index in [1.807, 2.05) is 13.0 Å². The molecule has 0 aromatic carbocycles. The van der Waals surface area contributed by atoms with Crippen molar-refractivity contribution in [1.29, 1.82) is 0 Å². The second-order valence-electron chi connectivity index (χ2n) is 3.88. The predicted octanol–water partition coefficient (Wildman–Crippen LogP) is 3.23. The maximum absolute atomic E-state index is 11.0. The fraction of sp³-hybridized carbons (Fsp3) is 0.500. The third-order valence-electron chi connectivity index (χ3n) is 2.73. The number of halogens is 1. The molecule has 0 aliphatic heterocycles. The monoisotopic (exact) mass is 274 g/mol. The summed E-state index contributed by atoms with van der Waals surface area (Å²) in [4.78, 5) is 13.4.